The highest BCUT2D eigenvalue weighted by Crippen LogP contribution is 2.08. The van der Waals surface area contributed by atoms with Crippen LogP contribution in [0.4, 0.5) is 0 Å². The van der Waals surface area contributed by atoms with Crippen LogP contribution in [0.1, 0.15) is 20.8 Å². The van der Waals surface area contributed by atoms with E-state index in [9.17, 15) is 4.79 Å². The molecule has 0 aromatic rings. The number of hydrogen-bond donors (Lipinski definition) is 2. The molecule has 0 aliphatic heterocycles. The first-order chi connectivity index (χ1) is 3.89. The van der Waals surface area contributed by atoms with Gasteiger partial charge in [0.15, 0.2) is 5.54 Å². The summed E-state index contributed by atoms with van der Waals surface area (Å²) >= 11 is 0. The first kappa shape index (κ1) is 8.43. The second-order valence-electron chi connectivity index (χ2n) is 2.94. The molecule has 3 nitrogen and oxygen atoms in total. The molecular weight excluding hydrogens is 116 g/mol. The molecule has 1 atom stereocenters. The van der Waals surface area contributed by atoms with E-state index in [4.69, 9.17) is 5.73 Å². The number of amides is 1. The normalized spacial score (nSPS) is 17.4. The van der Waals surface area contributed by atoms with Crippen molar-refractivity contribution in [3.63, 3.8) is 0 Å². The molecule has 0 aromatic carbocycles. The Morgan fingerprint density at radius 2 is 2.00 bits per heavy atom. The van der Waals surface area contributed by atoms with Crippen molar-refractivity contribution in [3.05, 3.63) is 0 Å². The molecule has 0 saturated carbocycles. The lowest BCUT2D eigenvalue weighted by atomic mass is 9.89. The van der Waals surface area contributed by atoms with Crippen molar-refractivity contribution < 1.29 is 10.5 Å². The Morgan fingerprint density at radius 3 is 2.00 bits per heavy atom. The van der Waals surface area contributed by atoms with Gasteiger partial charge in [-0.25, -0.2) is 0 Å². The summed E-state index contributed by atoms with van der Waals surface area (Å²) in [5.41, 5.74) is 8.15. The lowest BCUT2D eigenvalue weighted by Crippen LogP contribution is -2.79. The van der Waals surface area contributed by atoms with Crippen molar-refractivity contribution in [2.24, 2.45) is 11.7 Å². The lowest BCUT2D eigenvalue weighted by molar-refractivity contribution is -0.463. The molecule has 0 unspecified atom stereocenters. The van der Waals surface area contributed by atoms with Gasteiger partial charge >= 0.3 is 0 Å². The van der Waals surface area contributed by atoms with Crippen molar-refractivity contribution in [1.82, 2.24) is 0 Å². The SMILES string of the molecule is CC(C)[C@@](C)([NH3+])C(N)=O. The Balaban J connectivity index is 4.19. The highest BCUT2D eigenvalue weighted by Gasteiger charge is 2.33. The predicted molar refractivity (Wildman–Crippen MR) is 35.3 cm³/mol. The van der Waals surface area contributed by atoms with Gasteiger partial charge in [-0.3, -0.25) is 4.79 Å². The van der Waals surface area contributed by atoms with Crippen molar-refractivity contribution in [2.45, 2.75) is 26.3 Å². The van der Waals surface area contributed by atoms with Gasteiger partial charge in [-0.2, -0.15) is 0 Å². The molecule has 0 rings (SSSR count). The van der Waals surface area contributed by atoms with Crippen LogP contribution in [-0.2, 0) is 4.79 Å². The second kappa shape index (κ2) is 2.35. The molecule has 1 amide bonds. The monoisotopic (exact) mass is 131 g/mol. The third-order valence-corrected chi connectivity index (χ3v) is 1.84. The minimum absolute atomic E-state index is 0.204. The van der Waals surface area contributed by atoms with Crippen LogP contribution in [0.3, 0.4) is 0 Å². The molecule has 0 aromatic heterocycles. The Labute approximate surface area is 55.4 Å². The molecule has 0 fully saturated rings. The quantitative estimate of drug-likeness (QED) is 0.502. The molecule has 54 valence electrons. The van der Waals surface area contributed by atoms with Gasteiger partial charge in [-0.05, 0) is 0 Å². The summed E-state index contributed by atoms with van der Waals surface area (Å²) < 4.78 is 0. The number of primary amides is 1. The van der Waals surface area contributed by atoms with E-state index >= 15 is 0 Å². The van der Waals surface area contributed by atoms with E-state index in [1.165, 1.54) is 0 Å². The molecule has 5 N–H and O–H groups in total. The highest BCUT2D eigenvalue weighted by molar-refractivity contribution is 5.82. The van der Waals surface area contributed by atoms with E-state index in [1.54, 1.807) is 6.92 Å². The summed E-state index contributed by atoms with van der Waals surface area (Å²) in [6.07, 6.45) is 0. The van der Waals surface area contributed by atoms with Crippen LogP contribution in [0.25, 0.3) is 0 Å². The minimum Gasteiger partial charge on any atom is -0.364 e. The molecule has 9 heavy (non-hydrogen) atoms. The predicted octanol–water partition coefficient (Wildman–Crippen LogP) is -0.872. The van der Waals surface area contributed by atoms with Crippen molar-refractivity contribution in [1.29, 1.82) is 0 Å². The third kappa shape index (κ3) is 1.68. The average molecular weight is 131 g/mol. The molecular formula is C6H15N2O+. The van der Waals surface area contributed by atoms with Crippen LogP contribution in [0.15, 0.2) is 0 Å². The van der Waals surface area contributed by atoms with Gasteiger partial charge in [0.25, 0.3) is 5.91 Å². The van der Waals surface area contributed by atoms with Crippen molar-refractivity contribution in [2.75, 3.05) is 0 Å². The summed E-state index contributed by atoms with van der Waals surface area (Å²) in [6.45, 7) is 5.61. The van der Waals surface area contributed by atoms with E-state index in [1.807, 2.05) is 13.8 Å². The second-order valence-corrected chi connectivity index (χ2v) is 2.94. The van der Waals surface area contributed by atoms with Gasteiger partial charge in [-0.15, -0.1) is 0 Å². The molecule has 0 saturated heterocycles. The standard InChI is InChI=1S/C6H14N2O/c1-4(2)6(3,8)5(7)9/h4H,8H2,1-3H3,(H2,7,9)/p+1/t6-/m1/s1. The highest BCUT2D eigenvalue weighted by atomic mass is 16.1. The van der Waals surface area contributed by atoms with Crippen molar-refractivity contribution >= 4 is 5.91 Å². The van der Waals surface area contributed by atoms with Crippen LogP contribution in [0, 0.1) is 5.92 Å². The topological polar surface area (TPSA) is 70.7 Å². The van der Waals surface area contributed by atoms with E-state index in [0.717, 1.165) is 0 Å². The van der Waals surface area contributed by atoms with E-state index in [2.05, 4.69) is 5.73 Å². The van der Waals surface area contributed by atoms with Crippen LogP contribution in [-0.4, -0.2) is 11.4 Å². The summed E-state index contributed by atoms with van der Waals surface area (Å²) in [7, 11) is 0. The number of hydrogen-bond acceptors (Lipinski definition) is 1. The van der Waals surface area contributed by atoms with Gasteiger partial charge in [0.1, 0.15) is 0 Å². The number of quaternary nitrogens is 1. The molecule has 0 aliphatic rings. The first-order valence-electron chi connectivity index (χ1n) is 3.04. The Bertz CT molecular complexity index is 118. The van der Waals surface area contributed by atoms with E-state index < -0.39 is 5.54 Å². The largest absolute Gasteiger partial charge is 0.364 e. The smallest absolute Gasteiger partial charge is 0.278 e. The zero-order valence-corrected chi connectivity index (χ0v) is 6.27. The fourth-order valence-electron chi connectivity index (χ4n) is 0.285. The minimum atomic E-state index is -0.611. The molecule has 0 radical (unpaired) electrons. The van der Waals surface area contributed by atoms with Crippen LogP contribution >= 0.6 is 0 Å². The molecule has 0 bridgehead atoms. The average Bonchev–Trinajstić information content (AvgIpc) is 1.65. The molecule has 0 spiro atoms. The Kier molecular flexibility index (Phi) is 2.20. The number of nitrogens with two attached hydrogens (primary N) is 1. The van der Waals surface area contributed by atoms with Crippen LogP contribution in [0.2, 0.25) is 0 Å². The number of rotatable bonds is 2. The Morgan fingerprint density at radius 1 is 1.67 bits per heavy atom. The van der Waals surface area contributed by atoms with E-state index in [0.29, 0.717) is 0 Å². The van der Waals surface area contributed by atoms with Gasteiger partial charge in [0, 0.05) is 12.8 Å². The summed E-state index contributed by atoms with van der Waals surface area (Å²) in [5.74, 6) is -0.132. The van der Waals surface area contributed by atoms with E-state index in [-0.39, 0.29) is 11.8 Å². The van der Waals surface area contributed by atoms with Crippen molar-refractivity contribution in [3.8, 4) is 0 Å². The zero-order chi connectivity index (χ0) is 7.65. The Hall–Kier alpha value is -0.570. The summed E-state index contributed by atoms with van der Waals surface area (Å²) in [5, 5.41) is 0. The lowest BCUT2D eigenvalue weighted by Gasteiger charge is -2.20. The maximum absolute atomic E-state index is 10.6. The molecule has 0 heterocycles. The third-order valence-electron chi connectivity index (χ3n) is 1.84. The first-order valence-corrected chi connectivity index (χ1v) is 3.04. The fourth-order valence-corrected chi connectivity index (χ4v) is 0.285. The van der Waals surface area contributed by atoms with Gasteiger partial charge in [0.05, 0.1) is 0 Å². The maximum atomic E-state index is 10.6. The summed E-state index contributed by atoms with van der Waals surface area (Å²) in [6, 6.07) is 0. The zero-order valence-electron chi connectivity index (χ0n) is 6.27. The summed E-state index contributed by atoms with van der Waals surface area (Å²) in [4.78, 5) is 10.6. The molecule has 0 aliphatic carbocycles. The van der Waals surface area contributed by atoms with Crippen LogP contribution in [0.5, 0.6) is 0 Å². The fraction of sp³-hybridized carbons (Fsp3) is 0.833. The van der Waals surface area contributed by atoms with Gasteiger partial charge < -0.3 is 11.5 Å². The van der Waals surface area contributed by atoms with Gasteiger partial charge in [-0.1, -0.05) is 13.8 Å². The maximum Gasteiger partial charge on any atom is 0.278 e. The number of carbonyl (C=O) groups is 1. The van der Waals surface area contributed by atoms with Gasteiger partial charge in [0.2, 0.25) is 0 Å². The van der Waals surface area contributed by atoms with Crippen LogP contribution < -0.4 is 11.5 Å². The molecule has 3 heteroatoms. The number of carbonyl (C=O) groups excluding carboxylic acids is 1.